The number of allylic oxidation sites excluding steroid dienone is 1. The summed E-state index contributed by atoms with van der Waals surface area (Å²) in [6.07, 6.45) is 0. The lowest BCUT2D eigenvalue weighted by atomic mass is 10.1. The summed E-state index contributed by atoms with van der Waals surface area (Å²) < 4.78 is 16.9. The van der Waals surface area contributed by atoms with Crippen LogP contribution in [0, 0.1) is 0 Å². The minimum absolute atomic E-state index is 0.319. The highest BCUT2D eigenvalue weighted by atomic mass is 16.6. The van der Waals surface area contributed by atoms with Gasteiger partial charge in [-0.15, -0.1) is 10.2 Å². The average molecular weight is 296 g/mol. The molecule has 5 nitrogen and oxygen atoms in total. The average Bonchev–Trinajstić information content (AvgIpc) is 2.52. The number of rotatable bonds is 4. The second-order valence-electron chi connectivity index (χ2n) is 4.90. The fraction of sp³-hybridized carbons (Fsp3) is 0.176. The fourth-order valence-electron chi connectivity index (χ4n) is 2.05. The van der Waals surface area contributed by atoms with E-state index in [1.807, 2.05) is 32.0 Å². The van der Waals surface area contributed by atoms with Gasteiger partial charge in [0.2, 0.25) is 0 Å². The van der Waals surface area contributed by atoms with E-state index in [4.69, 9.17) is 14.2 Å². The van der Waals surface area contributed by atoms with E-state index in [9.17, 15) is 0 Å². The molecule has 22 heavy (non-hydrogen) atoms. The van der Waals surface area contributed by atoms with Crippen molar-refractivity contribution in [3.8, 4) is 23.1 Å². The van der Waals surface area contributed by atoms with Gasteiger partial charge in [0, 0.05) is 6.07 Å². The quantitative estimate of drug-likeness (QED) is 0.667. The van der Waals surface area contributed by atoms with Crippen LogP contribution in [-0.4, -0.2) is 16.8 Å². The van der Waals surface area contributed by atoms with Crippen LogP contribution >= 0.6 is 0 Å². The van der Waals surface area contributed by atoms with Crippen LogP contribution in [0.2, 0.25) is 0 Å². The molecule has 0 radical (unpaired) electrons. The summed E-state index contributed by atoms with van der Waals surface area (Å²) in [7, 11) is 0. The molecule has 0 atom stereocenters. The zero-order chi connectivity index (χ0) is 15.7. The van der Waals surface area contributed by atoms with E-state index in [-0.39, 0.29) is 0 Å². The third-order valence-electron chi connectivity index (χ3n) is 3.19. The van der Waals surface area contributed by atoms with E-state index in [2.05, 4.69) is 23.4 Å². The molecule has 5 heteroatoms. The molecule has 0 fully saturated rings. The van der Waals surface area contributed by atoms with Crippen molar-refractivity contribution < 1.29 is 14.2 Å². The van der Waals surface area contributed by atoms with Gasteiger partial charge in [-0.05, 0) is 31.5 Å². The van der Waals surface area contributed by atoms with E-state index < -0.39 is 0 Å². The van der Waals surface area contributed by atoms with Gasteiger partial charge in [0.25, 0.3) is 5.88 Å². The van der Waals surface area contributed by atoms with Gasteiger partial charge < -0.3 is 14.2 Å². The maximum atomic E-state index is 5.83. The number of ether oxygens (including phenoxy) is 3. The van der Waals surface area contributed by atoms with E-state index in [1.54, 1.807) is 6.07 Å². The predicted octanol–water partition coefficient (Wildman–Crippen LogP) is 4.41. The normalized spacial score (nSPS) is 11.5. The second kappa shape index (κ2) is 5.52. The minimum atomic E-state index is 0.319. The van der Waals surface area contributed by atoms with Gasteiger partial charge in [0.05, 0.1) is 6.61 Å². The summed E-state index contributed by atoms with van der Waals surface area (Å²) in [4.78, 5) is 0. The molecule has 0 aliphatic carbocycles. The molecule has 1 aliphatic rings. The lowest BCUT2D eigenvalue weighted by molar-refractivity contribution is 0.295. The van der Waals surface area contributed by atoms with Gasteiger partial charge in [0.1, 0.15) is 11.5 Å². The minimum Gasteiger partial charge on any atom is -0.492 e. The van der Waals surface area contributed by atoms with Crippen molar-refractivity contribution in [1.29, 1.82) is 0 Å². The van der Waals surface area contributed by atoms with Crippen molar-refractivity contribution in [1.82, 2.24) is 10.2 Å². The van der Waals surface area contributed by atoms with Crippen molar-refractivity contribution >= 4 is 11.3 Å². The Balaban J connectivity index is 1.93. The van der Waals surface area contributed by atoms with E-state index in [0.29, 0.717) is 41.2 Å². The molecule has 0 saturated heterocycles. The molecule has 1 aliphatic heterocycles. The number of fused-ring (bicyclic) bond motifs is 2. The lowest BCUT2D eigenvalue weighted by Crippen LogP contribution is -2.05. The fourth-order valence-corrected chi connectivity index (χ4v) is 2.05. The predicted molar refractivity (Wildman–Crippen MR) is 84.0 cm³/mol. The zero-order valence-corrected chi connectivity index (χ0v) is 12.5. The molecule has 3 rings (SSSR count). The SMILES string of the molecule is C=C(C)c1ccc2c(c1)Oc1nnc(C(=C)OCC)cc1O2. The number of hydrogen-bond donors (Lipinski definition) is 0. The summed E-state index contributed by atoms with van der Waals surface area (Å²) in [5.41, 5.74) is 2.46. The van der Waals surface area contributed by atoms with E-state index in [1.165, 1.54) is 0 Å². The van der Waals surface area contributed by atoms with Crippen LogP contribution in [0.4, 0.5) is 0 Å². The summed E-state index contributed by atoms with van der Waals surface area (Å²) >= 11 is 0. The lowest BCUT2D eigenvalue weighted by Gasteiger charge is -2.20. The number of hydrogen-bond acceptors (Lipinski definition) is 5. The maximum absolute atomic E-state index is 5.83. The molecule has 0 spiro atoms. The van der Waals surface area contributed by atoms with Crippen molar-refractivity contribution in [3.05, 3.63) is 48.7 Å². The molecule has 0 amide bonds. The Bertz CT molecular complexity index is 768. The van der Waals surface area contributed by atoms with Crippen LogP contribution in [0.15, 0.2) is 37.4 Å². The molecular weight excluding hydrogens is 280 g/mol. The maximum Gasteiger partial charge on any atom is 0.282 e. The zero-order valence-electron chi connectivity index (χ0n) is 12.5. The highest BCUT2D eigenvalue weighted by Crippen LogP contribution is 2.45. The summed E-state index contributed by atoms with van der Waals surface area (Å²) in [6.45, 7) is 12.1. The monoisotopic (exact) mass is 296 g/mol. The van der Waals surface area contributed by atoms with Crippen LogP contribution in [-0.2, 0) is 4.74 Å². The molecule has 1 aromatic heterocycles. The molecule has 1 aromatic carbocycles. The van der Waals surface area contributed by atoms with E-state index in [0.717, 1.165) is 11.1 Å². The first-order valence-electron chi connectivity index (χ1n) is 6.94. The van der Waals surface area contributed by atoms with Crippen LogP contribution in [0.3, 0.4) is 0 Å². The number of aromatic nitrogens is 2. The number of nitrogens with zero attached hydrogens (tertiary/aromatic N) is 2. The molecule has 0 saturated carbocycles. The van der Waals surface area contributed by atoms with Gasteiger partial charge >= 0.3 is 0 Å². The first kappa shape index (κ1) is 14.1. The Morgan fingerprint density at radius 1 is 1.09 bits per heavy atom. The van der Waals surface area contributed by atoms with Crippen molar-refractivity contribution in [2.45, 2.75) is 13.8 Å². The van der Waals surface area contributed by atoms with Gasteiger partial charge in [-0.3, -0.25) is 0 Å². The van der Waals surface area contributed by atoms with Crippen LogP contribution in [0.1, 0.15) is 25.1 Å². The molecule has 2 aromatic rings. The van der Waals surface area contributed by atoms with Crippen LogP contribution in [0.25, 0.3) is 11.3 Å². The molecule has 0 bridgehead atoms. The Labute approximate surface area is 128 Å². The first-order chi connectivity index (χ1) is 10.6. The standard InChI is InChI=1S/C17H16N2O3/c1-5-20-11(4)13-9-16-17(19-18-13)22-15-8-12(10(2)3)6-7-14(15)21-16/h6-9H,2,4-5H2,1,3H3. The third kappa shape index (κ3) is 2.53. The van der Waals surface area contributed by atoms with Gasteiger partial charge in [-0.25, -0.2) is 0 Å². The Kier molecular flexibility index (Phi) is 3.55. The van der Waals surface area contributed by atoms with Gasteiger partial charge in [-0.2, -0.15) is 0 Å². The Morgan fingerprint density at radius 3 is 2.64 bits per heavy atom. The summed E-state index contributed by atoms with van der Waals surface area (Å²) in [5, 5.41) is 8.08. The van der Waals surface area contributed by atoms with Crippen molar-refractivity contribution in [2.75, 3.05) is 6.61 Å². The highest BCUT2D eigenvalue weighted by Gasteiger charge is 2.22. The second-order valence-corrected chi connectivity index (χ2v) is 4.90. The highest BCUT2D eigenvalue weighted by molar-refractivity contribution is 5.66. The first-order valence-corrected chi connectivity index (χ1v) is 6.94. The van der Waals surface area contributed by atoms with Gasteiger partial charge in [-0.1, -0.05) is 24.8 Å². The molecular formula is C17H16N2O3. The Morgan fingerprint density at radius 2 is 1.91 bits per heavy atom. The van der Waals surface area contributed by atoms with Gasteiger partial charge in [0.15, 0.2) is 17.2 Å². The van der Waals surface area contributed by atoms with Crippen LogP contribution < -0.4 is 9.47 Å². The molecule has 2 heterocycles. The Hall–Kier alpha value is -2.82. The van der Waals surface area contributed by atoms with Crippen LogP contribution in [0.5, 0.6) is 23.1 Å². The molecule has 112 valence electrons. The van der Waals surface area contributed by atoms with E-state index >= 15 is 0 Å². The summed E-state index contributed by atoms with van der Waals surface area (Å²) in [6, 6.07) is 7.36. The van der Waals surface area contributed by atoms with Crippen molar-refractivity contribution in [3.63, 3.8) is 0 Å². The number of benzene rings is 1. The third-order valence-corrected chi connectivity index (χ3v) is 3.19. The largest absolute Gasteiger partial charge is 0.492 e. The summed E-state index contributed by atoms with van der Waals surface area (Å²) in [5.74, 6) is 2.47. The molecule has 0 N–H and O–H groups in total. The molecule has 0 unspecified atom stereocenters. The van der Waals surface area contributed by atoms with Crippen molar-refractivity contribution in [2.24, 2.45) is 0 Å². The topological polar surface area (TPSA) is 53.5 Å². The smallest absolute Gasteiger partial charge is 0.282 e.